The Morgan fingerprint density at radius 1 is 1.21 bits per heavy atom. The number of hydrogen-bond acceptors (Lipinski definition) is 4. The summed E-state index contributed by atoms with van der Waals surface area (Å²) in [6.45, 7) is 0. The lowest BCUT2D eigenvalue weighted by molar-refractivity contribution is 0.0696. The highest BCUT2D eigenvalue weighted by molar-refractivity contribution is 6.02. The number of aromatic carboxylic acids is 1. The van der Waals surface area contributed by atoms with Crippen molar-refractivity contribution in [3.8, 4) is 0 Å². The Labute approximate surface area is 106 Å². The fourth-order valence-corrected chi connectivity index (χ4v) is 1.31. The number of hydrogen-bond donors (Lipinski definition) is 2. The maximum Gasteiger partial charge on any atom is 0.337 e. The number of halogens is 1. The van der Waals surface area contributed by atoms with Gasteiger partial charge in [0.1, 0.15) is 11.5 Å². The largest absolute Gasteiger partial charge is 0.478 e. The number of carbonyl (C=O) groups excluding carboxylic acids is 1. The Morgan fingerprint density at radius 3 is 2.58 bits per heavy atom. The Balaban J connectivity index is 2.13. The molecule has 2 N–H and O–H groups in total. The number of amides is 1. The highest BCUT2D eigenvalue weighted by Crippen LogP contribution is 2.07. The summed E-state index contributed by atoms with van der Waals surface area (Å²) >= 11 is 0. The van der Waals surface area contributed by atoms with Crippen LogP contribution in [-0.4, -0.2) is 27.0 Å². The molecule has 0 radical (unpaired) electrons. The van der Waals surface area contributed by atoms with Crippen molar-refractivity contribution in [1.82, 2.24) is 9.97 Å². The van der Waals surface area contributed by atoms with Gasteiger partial charge in [-0.2, -0.15) is 4.39 Å². The van der Waals surface area contributed by atoms with E-state index in [0.29, 0.717) is 0 Å². The molecule has 0 aliphatic heterocycles. The van der Waals surface area contributed by atoms with Crippen LogP contribution in [-0.2, 0) is 0 Å². The Hall–Kier alpha value is -2.83. The molecule has 19 heavy (non-hydrogen) atoms. The SMILES string of the molecule is O=C(O)c1ccc(NC(=O)c2cccc(F)n2)nc1. The summed E-state index contributed by atoms with van der Waals surface area (Å²) in [5.74, 6) is -2.35. The third-order valence-corrected chi connectivity index (χ3v) is 2.20. The smallest absolute Gasteiger partial charge is 0.337 e. The quantitative estimate of drug-likeness (QED) is 0.818. The van der Waals surface area contributed by atoms with Crippen LogP contribution in [0.15, 0.2) is 36.5 Å². The van der Waals surface area contributed by atoms with Gasteiger partial charge in [-0.25, -0.2) is 14.8 Å². The lowest BCUT2D eigenvalue weighted by Crippen LogP contribution is -2.15. The fourth-order valence-electron chi connectivity index (χ4n) is 1.31. The van der Waals surface area contributed by atoms with Crippen molar-refractivity contribution in [3.63, 3.8) is 0 Å². The molecule has 0 aromatic carbocycles. The summed E-state index contributed by atoms with van der Waals surface area (Å²) in [7, 11) is 0. The van der Waals surface area contributed by atoms with Crippen LogP contribution >= 0.6 is 0 Å². The highest BCUT2D eigenvalue weighted by Gasteiger charge is 2.10. The van der Waals surface area contributed by atoms with E-state index >= 15 is 0 Å². The van der Waals surface area contributed by atoms with Gasteiger partial charge in [0.05, 0.1) is 5.56 Å². The Bertz CT molecular complexity index is 628. The number of aromatic nitrogens is 2. The molecule has 7 heteroatoms. The molecular weight excluding hydrogens is 253 g/mol. The van der Waals surface area contributed by atoms with Gasteiger partial charge in [-0.15, -0.1) is 0 Å². The van der Waals surface area contributed by atoms with E-state index in [1.54, 1.807) is 0 Å². The summed E-state index contributed by atoms with van der Waals surface area (Å²) < 4.78 is 12.8. The average Bonchev–Trinajstić information content (AvgIpc) is 2.39. The molecule has 1 amide bonds. The van der Waals surface area contributed by atoms with Crippen molar-refractivity contribution in [3.05, 3.63) is 53.7 Å². The zero-order valence-electron chi connectivity index (χ0n) is 9.50. The minimum atomic E-state index is -1.11. The normalized spacial score (nSPS) is 9.95. The topological polar surface area (TPSA) is 92.2 Å². The number of pyridine rings is 2. The van der Waals surface area contributed by atoms with Crippen LogP contribution in [0.2, 0.25) is 0 Å². The molecule has 96 valence electrons. The maximum absolute atomic E-state index is 12.8. The van der Waals surface area contributed by atoms with Crippen molar-refractivity contribution in [2.75, 3.05) is 5.32 Å². The van der Waals surface area contributed by atoms with Crippen LogP contribution in [0.1, 0.15) is 20.8 Å². The first-order valence-corrected chi connectivity index (χ1v) is 5.19. The van der Waals surface area contributed by atoms with E-state index in [1.165, 1.54) is 24.3 Å². The first-order chi connectivity index (χ1) is 9.06. The molecule has 0 spiro atoms. The number of carbonyl (C=O) groups is 2. The van der Waals surface area contributed by atoms with Crippen molar-refractivity contribution in [1.29, 1.82) is 0 Å². The Kier molecular flexibility index (Phi) is 3.46. The molecule has 0 atom stereocenters. The van der Waals surface area contributed by atoms with Gasteiger partial charge in [0, 0.05) is 6.20 Å². The monoisotopic (exact) mass is 261 g/mol. The van der Waals surface area contributed by atoms with Gasteiger partial charge in [0.15, 0.2) is 0 Å². The van der Waals surface area contributed by atoms with E-state index in [1.807, 2.05) is 0 Å². The average molecular weight is 261 g/mol. The molecule has 0 saturated heterocycles. The molecular formula is C12H8FN3O3. The standard InChI is InChI=1S/C12H8FN3O3/c13-9-3-1-2-8(15-9)11(17)16-10-5-4-7(6-14-10)12(18)19/h1-6H,(H,18,19)(H,14,16,17). The molecule has 0 aliphatic carbocycles. The molecule has 6 nitrogen and oxygen atoms in total. The second kappa shape index (κ2) is 5.21. The Morgan fingerprint density at radius 2 is 2.00 bits per heavy atom. The molecule has 0 saturated carbocycles. The molecule has 0 unspecified atom stereocenters. The minimum absolute atomic E-state index is 0.00174. The van der Waals surface area contributed by atoms with Crippen LogP contribution < -0.4 is 5.32 Å². The van der Waals surface area contributed by atoms with Gasteiger partial charge in [-0.05, 0) is 24.3 Å². The number of anilines is 1. The third kappa shape index (κ3) is 3.09. The summed E-state index contributed by atoms with van der Waals surface area (Å²) in [6, 6.07) is 6.46. The van der Waals surface area contributed by atoms with Crippen LogP contribution in [0.4, 0.5) is 10.2 Å². The highest BCUT2D eigenvalue weighted by atomic mass is 19.1. The van der Waals surface area contributed by atoms with Gasteiger partial charge >= 0.3 is 5.97 Å². The number of carboxylic acids is 1. The molecule has 2 rings (SSSR count). The first kappa shape index (κ1) is 12.6. The fraction of sp³-hybridized carbons (Fsp3) is 0. The lowest BCUT2D eigenvalue weighted by atomic mass is 10.3. The van der Waals surface area contributed by atoms with Gasteiger partial charge in [-0.3, -0.25) is 4.79 Å². The van der Waals surface area contributed by atoms with Gasteiger partial charge in [-0.1, -0.05) is 6.07 Å². The third-order valence-electron chi connectivity index (χ3n) is 2.20. The molecule has 0 fully saturated rings. The van der Waals surface area contributed by atoms with Gasteiger partial charge in [0.2, 0.25) is 5.95 Å². The van der Waals surface area contributed by atoms with E-state index in [4.69, 9.17) is 5.11 Å². The van der Waals surface area contributed by atoms with Crippen molar-refractivity contribution >= 4 is 17.7 Å². The zero-order chi connectivity index (χ0) is 13.8. The predicted octanol–water partition coefficient (Wildman–Crippen LogP) is 1.57. The van der Waals surface area contributed by atoms with Crippen LogP contribution in [0.25, 0.3) is 0 Å². The second-order valence-electron chi connectivity index (χ2n) is 3.54. The summed E-state index contributed by atoms with van der Waals surface area (Å²) in [5.41, 5.74) is -0.0917. The van der Waals surface area contributed by atoms with E-state index in [-0.39, 0.29) is 17.1 Å². The number of nitrogens with one attached hydrogen (secondary N) is 1. The van der Waals surface area contributed by atoms with Crippen LogP contribution in [0.3, 0.4) is 0 Å². The lowest BCUT2D eigenvalue weighted by Gasteiger charge is -2.03. The maximum atomic E-state index is 12.8. The minimum Gasteiger partial charge on any atom is -0.478 e. The summed E-state index contributed by atoms with van der Waals surface area (Å²) in [6.07, 6.45) is 1.11. The second-order valence-corrected chi connectivity index (χ2v) is 3.54. The summed E-state index contributed by atoms with van der Waals surface area (Å²) in [5, 5.41) is 11.1. The number of carboxylic acid groups (broad SMARTS) is 1. The van der Waals surface area contributed by atoms with Crippen molar-refractivity contribution < 1.29 is 19.1 Å². The summed E-state index contributed by atoms with van der Waals surface area (Å²) in [4.78, 5) is 29.5. The molecule has 2 aromatic rings. The number of rotatable bonds is 3. The molecule has 2 aromatic heterocycles. The van der Waals surface area contributed by atoms with E-state index < -0.39 is 17.8 Å². The van der Waals surface area contributed by atoms with Crippen molar-refractivity contribution in [2.24, 2.45) is 0 Å². The molecule has 0 bridgehead atoms. The van der Waals surface area contributed by atoms with Crippen LogP contribution in [0, 0.1) is 5.95 Å². The predicted molar refractivity (Wildman–Crippen MR) is 63.3 cm³/mol. The van der Waals surface area contributed by atoms with Gasteiger partial charge in [0.25, 0.3) is 5.91 Å². The van der Waals surface area contributed by atoms with Gasteiger partial charge < -0.3 is 10.4 Å². The van der Waals surface area contributed by atoms with E-state index in [2.05, 4.69) is 15.3 Å². The number of nitrogens with zero attached hydrogens (tertiary/aromatic N) is 2. The zero-order valence-corrected chi connectivity index (χ0v) is 9.50. The van der Waals surface area contributed by atoms with E-state index in [0.717, 1.165) is 12.3 Å². The van der Waals surface area contributed by atoms with Crippen molar-refractivity contribution in [2.45, 2.75) is 0 Å². The molecule has 0 aliphatic rings. The van der Waals surface area contributed by atoms with E-state index in [9.17, 15) is 14.0 Å². The first-order valence-electron chi connectivity index (χ1n) is 5.19. The molecule has 2 heterocycles. The van der Waals surface area contributed by atoms with Crippen LogP contribution in [0.5, 0.6) is 0 Å².